The number of anilines is 1. The van der Waals surface area contributed by atoms with Crippen LogP contribution in [0.15, 0.2) is 47.4 Å². The molecule has 0 fully saturated rings. The van der Waals surface area contributed by atoms with Crippen LogP contribution >= 0.6 is 0 Å². The van der Waals surface area contributed by atoms with Gasteiger partial charge in [-0.1, -0.05) is 24.3 Å². The summed E-state index contributed by atoms with van der Waals surface area (Å²) < 4.78 is 52.5. The summed E-state index contributed by atoms with van der Waals surface area (Å²) in [6.07, 6.45) is 0.294. The Kier molecular flexibility index (Phi) is 6.10. The van der Waals surface area contributed by atoms with E-state index in [4.69, 9.17) is 0 Å². The Morgan fingerprint density at radius 2 is 1.54 bits per heavy atom. The first kappa shape index (κ1) is 20.4. The van der Waals surface area contributed by atoms with Crippen LogP contribution in [-0.2, 0) is 26.5 Å². The molecule has 142 valence electrons. The smallest absolute Gasteiger partial charge is 0.242 e. The highest BCUT2D eigenvalue weighted by Crippen LogP contribution is 2.19. The van der Waals surface area contributed by atoms with Gasteiger partial charge in [-0.15, -0.1) is 0 Å². The van der Waals surface area contributed by atoms with Crippen LogP contribution in [0.4, 0.5) is 5.69 Å². The number of sulfonamides is 2. The van der Waals surface area contributed by atoms with Gasteiger partial charge in [0.25, 0.3) is 0 Å². The standard InChI is InChI=1S/C18H24N2O4S2/c1-14-5-6-15(2)18(13-14)19-25(21,22)12-11-16-7-9-17(10-8-16)26(23,24)20(3)4/h5-10,13,19H,11-12H2,1-4H3. The third-order valence-corrected chi connectivity index (χ3v) is 7.12. The lowest BCUT2D eigenvalue weighted by atomic mass is 10.1. The summed E-state index contributed by atoms with van der Waals surface area (Å²) in [6, 6.07) is 11.9. The summed E-state index contributed by atoms with van der Waals surface area (Å²) in [4.78, 5) is 0.183. The molecule has 0 saturated carbocycles. The molecule has 0 atom stereocenters. The highest BCUT2D eigenvalue weighted by Gasteiger charge is 2.17. The molecule has 26 heavy (non-hydrogen) atoms. The Bertz CT molecular complexity index is 980. The van der Waals surface area contributed by atoms with E-state index in [2.05, 4.69) is 4.72 Å². The maximum Gasteiger partial charge on any atom is 0.242 e. The van der Waals surface area contributed by atoms with Crippen LogP contribution in [0.2, 0.25) is 0 Å². The molecule has 0 bridgehead atoms. The van der Waals surface area contributed by atoms with Gasteiger partial charge in [0.1, 0.15) is 0 Å². The van der Waals surface area contributed by atoms with Crippen molar-refractivity contribution in [3.63, 3.8) is 0 Å². The Morgan fingerprint density at radius 1 is 0.923 bits per heavy atom. The van der Waals surface area contributed by atoms with Gasteiger partial charge in [-0.05, 0) is 55.2 Å². The molecule has 0 heterocycles. The molecule has 8 heteroatoms. The Morgan fingerprint density at radius 3 is 2.12 bits per heavy atom. The van der Waals surface area contributed by atoms with E-state index in [1.165, 1.54) is 26.2 Å². The molecular formula is C18H24N2O4S2. The van der Waals surface area contributed by atoms with E-state index in [1.54, 1.807) is 18.2 Å². The van der Waals surface area contributed by atoms with Crippen LogP contribution in [0.25, 0.3) is 0 Å². The minimum Gasteiger partial charge on any atom is -0.283 e. The number of rotatable bonds is 7. The van der Waals surface area contributed by atoms with E-state index in [0.717, 1.165) is 21.0 Å². The number of hydrogen-bond acceptors (Lipinski definition) is 4. The van der Waals surface area contributed by atoms with E-state index in [0.29, 0.717) is 12.1 Å². The second kappa shape index (κ2) is 7.77. The molecule has 2 aromatic rings. The molecule has 6 nitrogen and oxygen atoms in total. The molecular weight excluding hydrogens is 372 g/mol. The lowest BCUT2D eigenvalue weighted by Gasteiger charge is -2.13. The van der Waals surface area contributed by atoms with Gasteiger partial charge in [-0.2, -0.15) is 0 Å². The first-order valence-electron chi connectivity index (χ1n) is 8.10. The Hall–Kier alpha value is -1.90. The molecule has 0 aliphatic heterocycles. The van der Waals surface area contributed by atoms with Gasteiger partial charge < -0.3 is 0 Å². The predicted octanol–water partition coefficient (Wildman–Crippen LogP) is 2.54. The number of nitrogens with zero attached hydrogens (tertiary/aromatic N) is 1. The maximum atomic E-state index is 12.3. The normalized spacial score (nSPS) is 12.3. The van der Waals surface area contributed by atoms with Crippen LogP contribution < -0.4 is 4.72 Å². The van der Waals surface area contributed by atoms with E-state index >= 15 is 0 Å². The summed E-state index contributed by atoms with van der Waals surface area (Å²) >= 11 is 0. The van der Waals surface area contributed by atoms with Crippen LogP contribution in [0.3, 0.4) is 0 Å². The number of aryl methyl sites for hydroxylation is 3. The monoisotopic (exact) mass is 396 g/mol. The van der Waals surface area contributed by atoms with E-state index in [1.807, 2.05) is 26.0 Å². The van der Waals surface area contributed by atoms with Crippen molar-refractivity contribution in [2.75, 3.05) is 24.6 Å². The fourth-order valence-electron chi connectivity index (χ4n) is 2.36. The SMILES string of the molecule is Cc1ccc(C)c(NS(=O)(=O)CCc2ccc(S(=O)(=O)N(C)C)cc2)c1. The van der Waals surface area contributed by atoms with Crippen molar-refractivity contribution < 1.29 is 16.8 Å². The van der Waals surface area contributed by atoms with E-state index < -0.39 is 20.0 Å². The highest BCUT2D eigenvalue weighted by molar-refractivity contribution is 7.92. The van der Waals surface area contributed by atoms with Gasteiger partial charge in [0.05, 0.1) is 16.3 Å². The van der Waals surface area contributed by atoms with Crippen molar-refractivity contribution in [3.8, 4) is 0 Å². The highest BCUT2D eigenvalue weighted by atomic mass is 32.2. The molecule has 0 aromatic heterocycles. The first-order chi connectivity index (χ1) is 12.0. The van der Waals surface area contributed by atoms with Crippen LogP contribution in [0, 0.1) is 13.8 Å². The van der Waals surface area contributed by atoms with Crippen LogP contribution in [0.1, 0.15) is 16.7 Å². The number of nitrogens with one attached hydrogen (secondary N) is 1. The largest absolute Gasteiger partial charge is 0.283 e. The molecule has 0 amide bonds. The summed E-state index contributed by atoms with van der Waals surface area (Å²) in [5.74, 6) is -0.0832. The van der Waals surface area contributed by atoms with Gasteiger partial charge in [-0.25, -0.2) is 21.1 Å². The second-order valence-corrected chi connectivity index (χ2v) is 10.4. The number of hydrogen-bond donors (Lipinski definition) is 1. The summed E-state index contributed by atoms with van der Waals surface area (Å²) in [5.41, 5.74) is 3.18. The van der Waals surface area contributed by atoms with Crippen LogP contribution in [-0.4, -0.2) is 41.0 Å². The van der Waals surface area contributed by atoms with Crippen molar-refractivity contribution in [1.82, 2.24) is 4.31 Å². The van der Waals surface area contributed by atoms with Gasteiger partial charge >= 0.3 is 0 Å². The first-order valence-corrected chi connectivity index (χ1v) is 11.2. The quantitative estimate of drug-likeness (QED) is 0.780. The summed E-state index contributed by atoms with van der Waals surface area (Å²) in [5, 5.41) is 0. The molecule has 0 radical (unpaired) electrons. The van der Waals surface area contributed by atoms with Gasteiger partial charge in [0.15, 0.2) is 0 Å². The third kappa shape index (κ3) is 5.06. The fourth-order valence-corrected chi connectivity index (χ4v) is 4.42. The fraction of sp³-hybridized carbons (Fsp3) is 0.333. The molecule has 2 rings (SSSR count). The van der Waals surface area contributed by atoms with E-state index in [9.17, 15) is 16.8 Å². The van der Waals surface area contributed by atoms with E-state index in [-0.39, 0.29) is 10.6 Å². The van der Waals surface area contributed by atoms with Crippen molar-refractivity contribution in [2.24, 2.45) is 0 Å². The molecule has 0 spiro atoms. The van der Waals surface area contributed by atoms with Crippen molar-refractivity contribution in [3.05, 3.63) is 59.2 Å². The average Bonchev–Trinajstić information content (AvgIpc) is 2.56. The lowest BCUT2D eigenvalue weighted by Crippen LogP contribution is -2.22. The zero-order valence-electron chi connectivity index (χ0n) is 15.4. The molecule has 1 N–H and O–H groups in total. The molecule has 2 aromatic carbocycles. The summed E-state index contributed by atoms with van der Waals surface area (Å²) in [6.45, 7) is 3.75. The van der Waals surface area contributed by atoms with Gasteiger partial charge in [0.2, 0.25) is 20.0 Å². The topological polar surface area (TPSA) is 83.5 Å². The molecule has 0 aliphatic rings. The average molecular weight is 397 g/mol. The zero-order valence-corrected chi connectivity index (χ0v) is 17.0. The van der Waals surface area contributed by atoms with Crippen molar-refractivity contribution >= 4 is 25.7 Å². The maximum absolute atomic E-state index is 12.3. The van der Waals surface area contributed by atoms with Gasteiger partial charge in [0, 0.05) is 14.1 Å². The van der Waals surface area contributed by atoms with Crippen LogP contribution in [0.5, 0.6) is 0 Å². The lowest BCUT2D eigenvalue weighted by molar-refractivity contribution is 0.520. The zero-order chi connectivity index (χ0) is 19.5. The van der Waals surface area contributed by atoms with Crippen molar-refractivity contribution in [2.45, 2.75) is 25.2 Å². The van der Waals surface area contributed by atoms with Crippen molar-refractivity contribution in [1.29, 1.82) is 0 Å². The molecule has 0 saturated heterocycles. The minimum atomic E-state index is -3.50. The molecule has 0 aliphatic carbocycles. The second-order valence-electron chi connectivity index (χ2n) is 6.42. The predicted molar refractivity (Wildman–Crippen MR) is 104 cm³/mol. The Balaban J connectivity index is 2.07. The summed E-state index contributed by atoms with van der Waals surface area (Å²) in [7, 11) is -4.05. The van der Waals surface area contributed by atoms with Gasteiger partial charge in [-0.3, -0.25) is 4.72 Å². The minimum absolute atomic E-state index is 0.0832. The Labute approximate surface area is 156 Å². The molecule has 0 unspecified atom stereocenters. The third-order valence-electron chi connectivity index (χ3n) is 4.02. The number of benzene rings is 2.